The molecule has 0 bridgehead atoms. The van der Waals surface area contributed by atoms with E-state index >= 15 is 0 Å². The molecule has 1 unspecified atom stereocenters. The Bertz CT molecular complexity index is 187. The summed E-state index contributed by atoms with van der Waals surface area (Å²) < 4.78 is 5.55. The summed E-state index contributed by atoms with van der Waals surface area (Å²) in [7, 11) is 0. The lowest BCUT2D eigenvalue weighted by atomic mass is 9.85. The first-order valence-electron chi connectivity index (χ1n) is 4.85. The van der Waals surface area contributed by atoms with Crippen LogP contribution in [0.2, 0.25) is 0 Å². The normalized spacial score (nSPS) is 27.1. The summed E-state index contributed by atoms with van der Waals surface area (Å²) in [5, 5.41) is 8.54. The molecule has 0 aromatic carbocycles. The second-order valence-electron chi connectivity index (χ2n) is 4.40. The van der Waals surface area contributed by atoms with Crippen LogP contribution in [0.4, 0.5) is 0 Å². The van der Waals surface area contributed by atoms with Gasteiger partial charge in [0, 0.05) is 13.0 Å². The predicted molar refractivity (Wildman–Crippen MR) is 49.6 cm³/mol. The summed E-state index contributed by atoms with van der Waals surface area (Å²) in [6.45, 7) is 4.91. The first-order valence-corrected chi connectivity index (χ1v) is 4.85. The lowest BCUT2D eigenvalue weighted by Gasteiger charge is -2.35. The molecule has 3 heteroatoms. The van der Waals surface area contributed by atoms with E-state index in [4.69, 9.17) is 9.84 Å². The maximum atomic E-state index is 10.4. The fourth-order valence-electron chi connectivity index (χ4n) is 1.93. The molecule has 1 saturated heterocycles. The number of aliphatic carboxylic acids is 1. The Morgan fingerprint density at radius 1 is 1.62 bits per heavy atom. The van der Waals surface area contributed by atoms with E-state index in [1.54, 1.807) is 0 Å². The minimum atomic E-state index is -0.690. The third-order valence-electron chi connectivity index (χ3n) is 2.57. The molecule has 0 aliphatic carbocycles. The van der Waals surface area contributed by atoms with Crippen molar-refractivity contribution in [1.82, 2.24) is 0 Å². The summed E-state index contributed by atoms with van der Waals surface area (Å²) in [4.78, 5) is 10.4. The van der Waals surface area contributed by atoms with E-state index in [-0.39, 0.29) is 5.60 Å². The standard InChI is InChI=1S/C10H18O3/c1-10(2)7-8(5-6-13-10)3-4-9(11)12/h8H,3-7H2,1-2H3,(H,11,12). The van der Waals surface area contributed by atoms with Crippen LogP contribution in [0, 0.1) is 5.92 Å². The van der Waals surface area contributed by atoms with Crippen molar-refractivity contribution in [3.05, 3.63) is 0 Å². The van der Waals surface area contributed by atoms with Crippen LogP contribution >= 0.6 is 0 Å². The van der Waals surface area contributed by atoms with Crippen LogP contribution in [0.15, 0.2) is 0 Å². The number of rotatable bonds is 3. The largest absolute Gasteiger partial charge is 0.481 e. The molecule has 13 heavy (non-hydrogen) atoms. The van der Waals surface area contributed by atoms with Gasteiger partial charge in [-0.05, 0) is 39.0 Å². The van der Waals surface area contributed by atoms with Gasteiger partial charge in [-0.2, -0.15) is 0 Å². The number of carboxylic acid groups (broad SMARTS) is 1. The third kappa shape index (κ3) is 3.77. The molecule has 76 valence electrons. The van der Waals surface area contributed by atoms with Gasteiger partial charge in [0.1, 0.15) is 0 Å². The van der Waals surface area contributed by atoms with Gasteiger partial charge in [-0.1, -0.05) is 0 Å². The molecule has 0 aromatic rings. The molecule has 0 spiro atoms. The first kappa shape index (κ1) is 10.5. The smallest absolute Gasteiger partial charge is 0.303 e. The third-order valence-corrected chi connectivity index (χ3v) is 2.57. The molecule has 1 atom stereocenters. The van der Waals surface area contributed by atoms with E-state index in [0.717, 1.165) is 25.9 Å². The molecule has 1 aliphatic heterocycles. The number of hydrogen-bond acceptors (Lipinski definition) is 2. The van der Waals surface area contributed by atoms with Crippen molar-refractivity contribution in [2.75, 3.05) is 6.61 Å². The SMILES string of the molecule is CC1(C)CC(CCC(=O)O)CCO1. The van der Waals surface area contributed by atoms with Crippen LogP contribution < -0.4 is 0 Å². The zero-order chi connectivity index (χ0) is 9.90. The second-order valence-corrected chi connectivity index (χ2v) is 4.40. The van der Waals surface area contributed by atoms with Gasteiger partial charge in [-0.15, -0.1) is 0 Å². The Balaban J connectivity index is 2.30. The monoisotopic (exact) mass is 186 g/mol. The van der Waals surface area contributed by atoms with Gasteiger partial charge < -0.3 is 9.84 Å². The summed E-state index contributed by atoms with van der Waals surface area (Å²) >= 11 is 0. The van der Waals surface area contributed by atoms with Crippen LogP contribution in [-0.2, 0) is 9.53 Å². The Morgan fingerprint density at radius 3 is 2.85 bits per heavy atom. The lowest BCUT2D eigenvalue weighted by molar-refractivity contribution is -0.138. The molecule has 0 amide bonds. The molecule has 0 saturated carbocycles. The Hall–Kier alpha value is -0.570. The van der Waals surface area contributed by atoms with Crippen molar-refractivity contribution in [1.29, 1.82) is 0 Å². The fourth-order valence-corrected chi connectivity index (χ4v) is 1.93. The zero-order valence-electron chi connectivity index (χ0n) is 8.38. The van der Waals surface area contributed by atoms with E-state index < -0.39 is 5.97 Å². The average molecular weight is 186 g/mol. The van der Waals surface area contributed by atoms with E-state index in [2.05, 4.69) is 13.8 Å². The van der Waals surface area contributed by atoms with Crippen LogP contribution in [0.5, 0.6) is 0 Å². The summed E-state index contributed by atoms with van der Waals surface area (Å²) in [6, 6.07) is 0. The van der Waals surface area contributed by atoms with Crippen molar-refractivity contribution in [3.63, 3.8) is 0 Å². The van der Waals surface area contributed by atoms with Gasteiger partial charge in [0.05, 0.1) is 5.60 Å². The van der Waals surface area contributed by atoms with E-state index in [0.29, 0.717) is 12.3 Å². The van der Waals surface area contributed by atoms with Crippen molar-refractivity contribution < 1.29 is 14.6 Å². The van der Waals surface area contributed by atoms with E-state index in [1.165, 1.54) is 0 Å². The Morgan fingerprint density at radius 2 is 2.31 bits per heavy atom. The molecule has 3 nitrogen and oxygen atoms in total. The molecular weight excluding hydrogens is 168 g/mol. The van der Waals surface area contributed by atoms with Crippen LogP contribution in [0.25, 0.3) is 0 Å². The van der Waals surface area contributed by atoms with Crippen LogP contribution in [-0.4, -0.2) is 23.3 Å². The average Bonchev–Trinajstić information content (AvgIpc) is 1.99. The van der Waals surface area contributed by atoms with Gasteiger partial charge in [-0.3, -0.25) is 4.79 Å². The van der Waals surface area contributed by atoms with Crippen molar-refractivity contribution in [2.24, 2.45) is 5.92 Å². The summed E-state index contributed by atoms with van der Waals surface area (Å²) in [6.07, 6.45) is 3.08. The Labute approximate surface area is 79.1 Å². The molecule has 0 radical (unpaired) electrons. The highest BCUT2D eigenvalue weighted by Crippen LogP contribution is 2.31. The maximum absolute atomic E-state index is 10.4. The topological polar surface area (TPSA) is 46.5 Å². The summed E-state index contributed by atoms with van der Waals surface area (Å²) in [5.41, 5.74) is -0.0541. The molecule has 1 fully saturated rings. The molecule has 0 aromatic heterocycles. The molecule has 1 heterocycles. The number of carboxylic acids is 1. The van der Waals surface area contributed by atoms with Crippen molar-refractivity contribution >= 4 is 5.97 Å². The Kier molecular flexibility index (Phi) is 3.31. The molecular formula is C10H18O3. The quantitative estimate of drug-likeness (QED) is 0.733. The van der Waals surface area contributed by atoms with Crippen LogP contribution in [0.1, 0.15) is 39.5 Å². The second kappa shape index (κ2) is 4.09. The minimum absolute atomic E-state index is 0.0541. The van der Waals surface area contributed by atoms with Crippen molar-refractivity contribution in [3.8, 4) is 0 Å². The molecule has 1 N–H and O–H groups in total. The van der Waals surface area contributed by atoms with Gasteiger partial charge in [-0.25, -0.2) is 0 Å². The highest BCUT2D eigenvalue weighted by atomic mass is 16.5. The molecule has 1 aliphatic rings. The maximum Gasteiger partial charge on any atom is 0.303 e. The fraction of sp³-hybridized carbons (Fsp3) is 0.900. The van der Waals surface area contributed by atoms with E-state index in [1.807, 2.05) is 0 Å². The van der Waals surface area contributed by atoms with Gasteiger partial charge >= 0.3 is 5.97 Å². The highest BCUT2D eigenvalue weighted by Gasteiger charge is 2.28. The zero-order valence-corrected chi connectivity index (χ0v) is 8.38. The van der Waals surface area contributed by atoms with Crippen molar-refractivity contribution in [2.45, 2.75) is 45.1 Å². The minimum Gasteiger partial charge on any atom is -0.481 e. The van der Waals surface area contributed by atoms with Crippen LogP contribution in [0.3, 0.4) is 0 Å². The summed E-state index contributed by atoms with van der Waals surface area (Å²) in [5.74, 6) is -0.163. The van der Waals surface area contributed by atoms with Gasteiger partial charge in [0.15, 0.2) is 0 Å². The number of ether oxygens (including phenoxy) is 1. The highest BCUT2D eigenvalue weighted by molar-refractivity contribution is 5.66. The van der Waals surface area contributed by atoms with Gasteiger partial charge in [0.2, 0.25) is 0 Å². The number of hydrogen-bond donors (Lipinski definition) is 1. The molecule has 1 rings (SSSR count). The van der Waals surface area contributed by atoms with Gasteiger partial charge in [0.25, 0.3) is 0 Å². The first-order chi connectivity index (χ1) is 5.99. The predicted octanol–water partition coefficient (Wildman–Crippen LogP) is 2.06. The van der Waals surface area contributed by atoms with E-state index in [9.17, 15) is 4.79 Å². The number of carbonyl (C=O) groups is 1. The lowest BCUT2D eigenvalue weighted by Crippen LogP contribution is -2.34.